The van der Waals surface area contributed by atoms with Gasteiger partial charge in [0.05, 0.1) is 0 Å². The van der Waals surface area contributed by atoms with Crippen molar-refractivity contribution in [2.45, 2.75) is 72.5 Å². The Kier molecular flexibility index (Phi) is 7.79. The van der Waals surface area contributed by atoms with Crippen LogP contribution in [0.4, 0.5) is 5.82 Å². The topological polar surface area (TPSA) is 95.0 Å². The number of carbonyl (C=O) groups is 1. The van der Waals surface area contributed by atoms with E-state index in [4.69, 9.17) is 4.98 Å². The van der Waals surface area contributed by atoms with Crippen molar-refractivity contribution in [2.75, 3.05) is 25.0 Å². The Labute approximate surface area is 242 Å². The minimum Gasteiger partial charge on any atom is -0.356 e. The second-order valence-electron chi connectivity index (χ2n) is 12.1. The minimum absolute atomic E-state index is 0.161. The maximum absolute atomic E-state index is 13.7. The van der Waals surface area contributed by atoms with Gasteiger partial charge in [-0.2, -0.15) is 0 Å². The molecule has 0 unspecified atom stereocenters. The van der Waals surface area contributed by atoms with Crippen molar-refractivity contribution in [1.82, 2.24) is 25.2 Å². The van der Waals surface area contributed by atoms with Crippen LogP contribution in [0.25, 0.3) is 22.0 Å². The van der Waals surface area contributed by atoms with Crippen LogP contribution in [0.2, 0.25) is 0 Å². The number of fused-ring (bicyclic) bond motifs is 1. The predicted molar refractivity (Wildman–Crippen MR) is 167 cm³/mol. The maximum Gasteiger partial charge on any atom is 0.253 e. The molecule has 216 valence electrons. The first-order valence-corrected chi connectivity index (χ1v) is 14.5. The van der Waals surface area contributed by atoms with Gasteiger partial charge < -0.3 is 25.1 Å². The van der Waals surface area contributed by atoms with E-state index in [0.717, 1.165) is 70.6 Å². The van der Waals surface area contributed by atoms with Crippen LogP contribution in [0.3, 0.4) is 0 Å². The number of H-pyrrole nitrogens is 1. The number of piperidine rings is 1. The van der Waals surface area contributed by atoms with Crippen LogP contribution in [0, 0.1) is 20.8 Å². The first-order valence-electron chi connectivity index (χ1n) is 14.5. The van der Waals surface area contributed by atoms with Crippen molar-refractivity contribution in [1.29, 1.82) is 0 Å². The summed E-state index contributed by atoms with van der Waals surface area (Å²) >= 11 is 0. The van der Waals surface area contributed by atoms with E-state index in [1.54, 1.807) is 0 Å². The molecule has 8 heteroatoms. The van der Waals surface area contributed by atoms with E-state index in [0.29, 0.717) is 11.1 Å². The number of nitrogens with one attached hydrogen (secondary N) is 3. The van der Waals surface area contributed by atoms with Crippen LogP contribution in [-0.2, 0) is 6.54 Å². The molecule has 8 nitrogen and oxygen atoms in total. The maximum atomic E-state index is 13.7. The average molecular weight is 555 g/mol. The van der Waals surface area contributed by atoms with Crippen LogP contribution in [-0.4, -0.2) is 46.1 Å². The summed E-state index contributed by atoms with van der Waals surface area (Å²) in [5.41, 5.74) is 6.80. The second kappa shape index (κ2) is 11.2. The number of anilines is 1. The number of hydrogen-bond acceptors (Lipinski definition) is 5. The molecule has 0 radical (unpaired) electrons. The zero-order valence-electron chi connectivity index (χ0n) is 25.3. The molecule has 3 N–H and O–H groups in total. The SMILES string of the molecule is CNC1(C)CCN(c2ccc(-c3cc(C(=O)NCc4c(C)cc(C)[nH]c4=O)c4c(C)cn(C(C)C)c4c3)cn2)CC1. The molecule has 1 aliphatic heterocycles. The zero-order chi connectivity index (χ0) is 29.5. The minimum atomic E-state index is -0.202. The van der Waals surface area contributed by atoms with Gasteiger partial charge in [-0.15, -0.1) is 0 Å². The molecule has 1 saturated heterocycles. The van der Waals surface area contributed by atoms with E-state index >= 15 is 0 Å². The van der Waals surface area contributed by atoms with Gasteiger partial charge in [0.2, 0.25) is 0 Å². The monoisotopic (exact) mass is 554 g/mol. The number of aromatic amines is 1. The van der Waals surface area contributed by atoms with Crippen LogP contribution >= 0.6 is 0 Å². The number of rotatable bonds is 7. The molecule has 41 heavy (non-hydrogen) atoms. The molecule has 0 aliphatic carbocycles. The summed E-state index contributed by atoms with van der Waals surface area (Å²) in [6.07, 6.45) is 6.17. The number of aromatic nitrogens is 3. The quantitative estimate of drug-likeness (QED) is 0.284. The van der Waals surface area contributed by atoms with Crippen LogP contribution < -0.4 is 21.1 Å². The van der Waals surface area contributed by atoms with Gasteiger partial charge >= 0.3 is 0 Å². The van der Waals surface area contributed by atoms with Crippen molar-refractivity contribution in [3.05, 3.63) is 81.0 Å². The molecular weight excluding hydrogens is 512 g/mol. The summed E-state index contributed by atoms with van der Waals surface area (Å²) in [4.78, 5) is 36.3. The first kappa shape index (κ1) is 28.6. The third kappa shape index (κ3) is 5.66. The lowest BCUT2D eigenvalue weighted by Crippen LogP contribution is -2.50. The van der Waals surface area contributed by atoms with Crippen molar-refractivity contribution >= 4 is 22.6 Å². The highest BCUT2D eigenvalue weighted by Crippen LogP contribution is 2.33. The van der Waals surface area contributed by atoms with E-state index < -0.39 is 0 Å². The molecule has 0 spiro atoms. The number of nitrogens with zero attached hydrogens (tertiary/aromatic N) is 3. The van der Waals surface area contributed by atoms with E-state index in [1.807, 2.05) is 46.1 Å². The molecule has 3 aromatic heterocycles. The lowest BCUT2D eigenvalue weighted by molar-refractivity contribution is 0.0952. The molecule has 0 saturated carbocycles. The summed E-state index contributed by atoms with van der Waals surface area (Å²) in [6, 6.07) is 10.5. The van der Waals surface area contributed by atoms with Gasteiger partial charge in [-0.05, 0) is 108 Å². The van der Waals surface area contributed by atoms with Gasteiger partial charge in [-0.25, -0.2) is 4.98 Å². The van der Waals surface area contributed by atoms with Gasteiger partial charge in [0.1, 0.15) is 5.82 Å². The Morgan fingerprint density at radius 1 is 1.07 bits per heavy atom. The van der Waals surface area contributed by atoms with Crippen molar-refractivity contribution in [3.8, 4) is 11.1 Å². The van der Waals surface area contributed by atoms with Gasteiger partial charge in [0, 0.05) is 76.9 Å². The fourth-order valence-electron chi connectivity index (χ4n) is 5.95. The molecule has 1 aliphatic rings. The Morgan fingerprint density at radius 3 is 2.41 bits per heavy atom. The lowest BCUT2D eigenvalue weighted by atomic mass is 9.90. The van der Waals surface area contributed by atoms with E-state index in [1.165, 1.54) is 0 Å². The zero-order valence-corrected chi connectivity index (χ0v) is 25.3. The van der Waals surface area contributed by atoms with Gasteiger partial charge in [0.25, 0.3) is 11.5 Å². The predicted octanol–water partition coefficient (Wildman–Crippen LogP) is 5.41. The molecule has 1 fully saturated rings. The summed E-state index contributed by atoms with van der Waals surface area (Å²) in [7, 11) is 2.04. The summed E-state index contributed by atoms with van der Waals surface area (Å²) < 4.78 is 2.22. The Bertz CT molecular complexity index is 1640. The van der Waals surface area contributed by atoms with E-state index in [2.05, 4.69) is 70.3 Å². The van der Waals surface area contributed by atoms with Crippen LogP contribution in [0.1, 0.15) is 72.4 Å². The third-order valence-corrected chi connectivity index (χ3v) is 8.72. The number of aryl methyl sites for hydroxylation is 3. The molecule has 0 atom stereocenters. The van der Waals surface area contributed by atoms with Crippen molar-refractivity contribution in [2.24, 2.45) is 0 Å². The summed E-state index contributed by atoms with van der Waals surface area (Å²) in [6.45, 7) is 14.4. The normalized spacial score (nSPS) is 15.1. The largest absolute Gasteiger partial charge is 0.356 e. The first-order chi connectivity index (χ1) is 19.5. The summed E-state index contributed by atoms with van der Waals surface area (Å²) in [5.74, 6) is 0.775. The van der Waals surface area contributed by atoms with Crippen molar-refractivity contribution in [3.63, 3.8) is 0 Å². The van der Waals surface area contributed by atoms with Gasteiger partial charge in [-0.3, -0.25) is 9.59 Å². The molecule has 1 amide bonds. The van der Waals surface area contributed by atoms with Crippen molar-refractivity contribution < 1.29 is 4.79 Å². The standard InChI is InChI=1S/C33H42N6O2/c1-20(2)39-19-22(4)30-26(31(40)36-18-27-21(3)14-23(5)37-32(27)41)15-25(16-28(30)39)24-8-9-29(35-17-24)38-12-10-33(6,34-7)11-13-38/h8-9,14-17,19-20,34H,10-13,18H2,1-7H3,(H,36,40)(H,37,41). The second-order valence-corrected chi connectivity index (χ2v) is 12.1. The number of carbonyl (C=O) groups excluding carboxylic acids is 1. The Balaban J connectivity index is 1.48. The highest BCUT2D eigenvalue weighted by atomic mass is 16.1. The fourth-order valence-corrected chi connectivity index (χ4v) is 5.95. The third-order valence-electron chi connectivity index (χ3n) is 8.72. The molecule has 4 aromatic rings. The van der Waals surface area contributed by atoms with E-state index in [-0.39, 0.29) is 29.6 Å². The number of hydrogen-bond donors (Lipinski definition) is 3. The number of pyridine rings is 2. The molecular formula is C33H42N6O2. The van der Waals surface area contributed by atoms with Gasteiger partial charge in [-0.1, -0.05) is 0 Å². The smallest absolute Gasteiger partial charge is 0.253 e. The van der Waals surface area contributed by atoms with Gasteiger partial charge in [0.15, 0.2) is 0 Å². The molecule has 1 aromatic carbocycles. The molecule has 5 rings (SSSR count). The fraction of sp³-hybridized carbons (Fsp3) is 0.424. The molecule has 4 heterocycles. The molecule has 0 bridgehead atoms. The van der Waals surface area contributed by atoms with E-state index in [9.17, 15) is 9.59 Å². The Morgan fingerprint density at radius 2 is 1.80 bits per heavy atom. The average Bonchev–Trinajstić information content (AvgIpc) is 3.29. The van der Waals surface area contributed by atoms with Crippen LogP contribution in [0.15, 0.2) is 47.5 Å². The Hall–Kier alpha value is -3.91. The summed E-state index contributed by atoms with van der Waals surface area (Å²) in [5, 5.41) is 7.40. The highest BCUT2D eigenvalue weighted by Gasteiger charge is 2.28. The lowest BCUT2D eigenvalue weighted by Gasteiger charge is -2.39. The van der Waals surface area contributed by atoms with Crippen LogP contribution in [0.5, 0.6) is 0 Å². The highest BCUT2D eigenvalue weighted by molar-refractivity contribution is 6.09. The number of benzene rings is 1. The number of amides is 1.